The van der Waals surface area contributed by atoms with Gasteiger partial charge in [0, 0.05) is 18.3 Å². The van der Waals surface area contributed by atoms with Crippen LogP contribution in [0.2, 0.25) is 0 Å². The van der Waals surface area contributed by atoms with Crippen LogP contribution in [0, 0.1) is 11.7 Å². The van der Waals surface area contributed by atoms with Crippen LogP contribution in [0.25, 0.3) is 0 Å². The van der Waals surface area contributed by atoms with E-state index >= 15 is 0 Å². The second-order valence-electron chi connectivity index (χ2n) is 5.18. The van der Waals surface area contributed by atoms with Crippen LogP contribution in [-0.4, -0.2) is 9.55 Å². The normalized spacial score (nSPS) is 18.1. The van der Waals surface area contributed by atoms with Gasteiger partial charge in [0.05, 0.1) is 12.0 Å². The average Bonchev–Trinajstić information content (AvgIpc) is 2.79. The zero-order valence-electron chi connectivity index (χ0n) is 11.0. The number of fused-ring (bicyclic) bond motifs is 1. The summed E-state index contributed by atoms with van der Waals surface area (Å²) in [6.45, 7) is 3.69. The van der Waals surface area contributed by atoms with E-state index in [0.29, 0.717) is 18.3 Å². The van der Waals surface area contributed by atoms with Crippen LogP contribution in [0.5, 0.6) is 5.75 Å². The summed E-state index contributed by atoms with van der Waals surface area (Å²) in [4.78, 5) is 4.41. The molecule has 1 aliphatic heterocycles. The monoisotopic (exact) mass is 260 g/mol. The predicted molar refractivity (Wildman–Crippen MR) is 70.4 cm³/mol. The van der Waals surface area contributed by atoms with Crippen molar-refractivity contribution in [1.82, 2.24) is 9.55 Å². The van der Waals surface area contributed by atoms with E-state index < -0.39 is 0 Å². The van der Waals surface area contributed by atoms with E-state index in [0.717, 1.165) is 18.7 Å². The molecule has 0 amide bonds. The fourth-order valence-electron chi connectivity index (χ4n) is 2.50. The molecule has 0 aliphatic carbocycles. The van der Waals surface area contributed by atoms with Crippen LogP contribution in [0.15, 0.2) is 30.6 Å². The SMILES string of the molecule is CC1CCn2cnc(COc3cccc(F)c3)c2C1. The minimum absolute atomic E-state index is 0.280. The number of hydrogen-bond donors (Lipinski definition) is 0. The van der Waals surface area contributed by atoms with Crippen molar-refractivity contribution in [2.45, 2.75) is 32.9 Å². The molecule has 2 aromatic rings. The summed E-state index contributed by atoms with van der Waals surface area (Å²) in [6, 6.07) is 6.21. The van der Waals surface area contributed by atoms with Crippen molar-refractivity contribution in [2.24, 2.45) is 5.92 Å². The predicted octanol–water partition coefficient (Wildman–Crippen LogP) is 3.18. The van der Waals surface area contributed by atoms with E-state index in [1.165, 1.54) is 24.2 Å². The van der Waals surface area contributed by atoms with Crippen LogP contribution in [-0.2, 0) is 19.6 Å². The Kier molecular flexibility index (Phi) is 3.23. The Balaban J connectivity index is 1.72. The van der Waals surface area contributed by atoms with Crippen LogP contribution < -0.4 is 4.74 Å². The van der Waals surface area contributed by atoms with Crippen molar-refractivity contribution in [3.63, 3.8) is 0 Å². The van der Waals surface area contributed by atoms with Gasteiger partial charge in [0.2, 0.25) is 0 Å². The van der Waals surface area contributed by atoms with Gasteiger partial charge >= 0.3 is 0 Å². The minimum Gasteiger partial charge on any atom is -0.487 e. The van der Waals surface area contributed by atoms with Crippen LogP contribution >= 0.6 is 0 Å². The van der Waals surface area contributed by atoms with Crippen molar-refractivity contribution in [3.8, 4) is 5.75 Å². The van der Waals surface area contributed by atoms with Gasteiger partial charge in [-0.25, -0.2) is 9.37 Å². The van der Waals surface area contributed by atoms with Gasteiger partial charge in [0.15, 0.2) is 0 Å². The van der Waals surface area contributed by atoms with Crippen molar-refractivity contribution < 1.29 is 9.13 Å². The third kappa shape index (κ3) is 2.62. The Bertz CT molecular complexity index is 579. The fraction of sp³-hybridized carbons (Fsp3) is 0.400. The third-order valence-corrected chi connectivity index (χ3v) is 3.61. The van der Waals surface area contributed by atoms with Gasteiger partial charge in [-0.05, 0) is 30.9 Å². The quantitative estimate of drug-likeness (QED) is 0.847. The molecule has 0 saturated carbocycles. The van der Waals surface area contributed by atoms with E-state index in [9.17, 15) is 4.39 Å². The first-order valence-corrected chi connectivity index (χ1v) is 6.63. The number of rotatable bonds is 3. The Morgan fingerprint density at radius 3 is 3.21 bits per heavy atom. The maximum atomic E-state index is 13.1. The highest BCUT2D eigenvalue weighted by Gasteiger charge is 2.19. The maximum absolute atomic E-state index is 13.1. The fourth-order valence-corrected chi connectivity index (χ4v) is 2.50. The molecule has 0 radical (unpaired) electrons. The van der Waals surface area contributed by atoms with Crippen molar-refractivity contribution in [2.75, 3.05) is 0 Å². The molecule has 100 valence electrons. The van der Waals surface area contributed by atoms with Gasteiger partial charge in [-0.3, -0.25) is 0 Å². The summed E-state index contributed by atoms with van der Waals surface area (Å²) in [6.07, 6.45) is 4.13. The van der Waals surface area contributed by atoms with Crippen molar-refractivity contribution in [1.29, 1.82) is 0 Å². The van der Waals surface area contributed by atoms with Crippen LogP contribution in [0.3, 0.4) is 0 Å². The highest BCUT2D eigenvalue weighted by atomic mass is 19.1. The lowest BCUT2D eigenvalue weighted by atomic mass is 9.97. The molecule has 1 aliphatic rings. The smallest absolute Gasteiger partial charge is 0.132 e. The van der Waals surface area contributed by atoms with E-state index in [1.54, 1.807) is 12.1 Å². The summed E-state index contributed by atoms with van der Waals surface area (Å²) in [7, 11) is 0. The van der Waals surface area contributed by atoms with Crippen molar-refractivity contribution >= 4 is 0 Å². The highest BCUT2D eigenvalue weighted by molar-refractivity contribution is 5.23. The van der Waals surface area contributed by atoms with Gasteiger partial charge in [-0.2, -0.15) is 0 Å². The lowest BCUT2D eigenvalue weighted by molar-refractivity contribution is 0.296. The van der Waals surface area contributed by atoms with Crippen molar-refractivity contribution in [3.05, 3.63) is 47.8 Å². The molecule has 1 unspecified atom stereocenters. The average molecular weight is 260 g/mol. The molecular weight excluding hydrogens is 243 g/mol. The molecule has 4 heteroatoms. The molecular formula is C15H17FN2O. The summed E-state index contributed by atoms with van der Waals surface area (Å²) in [5.41, 5.74) is 2.23. The molecule has 19 heavy (non-hydrogen) atoms. The Morgan fingerprint density at radius 1 is 1.47 bits per heavy atom. The number of ether oxygens (including phenoxy) is 1. The second kappa shape index (κ2) is 5.03. The molecule has 2 heterocycles. The van der Waals surface area contributed by atoms with E-state index in [4.69, 9.17) is 4.74 Å². The largest absolute Gasteiger partial charge is 0.487 e. The molecule has 0 fully saturated rings. The topological polar surface area (TPSA) is 27.1 Å². The molecule has 0 N–H and O–H groups in total. The summed E-state index contributed by atoms with van der Waals surface area (Å²) >= 11 is 0. The molecule has 1 atom stereocenters. The molecule has 1 aromatic heterocycles. The summed E-state index contributed by atoms with van der Waals surface area (Å²) in [5.74, 6) is 0.959. The first-order chi connectivity index (χ1) is 9.22. The first-order valence-electron chi connectivity index (χ1n) is 6.63. The summed E-state index contributed by atoms with van der Waals surface area (Å²) < 4.78 is 20.9. The molecule has 3 rings (SSSR count). The standard InChI is InChI=1S/C15H17FN2O/c1-11-5-6-18-10-17-14(15(18)7-11)9-19-13-4-2-3-12(16)8-13/h2-4,8,10-11H,5-7,9H2,1H3. The Morgan fingerprint density at radius 2 is 2.37 bits per heavy atom. The van der Waals surface area contributed by atoms with Gasteiger partial charge in [-0.1, -0.05) is 13.0 Å². The number of halogens is 1. The number of benzene rings is 1. The zero-order valence-corrected chi connectivity index (χ0v) is 11.0. The van der Waals surface area contributed by atoms with Gasteiger partial charge in [0.25, 0.3) is 0 Å². The maximum Gasteiger partial charge on any atom is 0.132 e. The van der Waals surface area contributed by atoms with E-state index in [-0.39, 0.29) is 5.82 Å². The number of aromatic nitrogens is 2. The zero-order chi connectivity index (χ0) is 13.2. The molecule has 0 bridgehead atoms. The Labute approximate surface area is 112 Å². The number of nitrogens with zero attached hydrogens (tertiary/aromatic N) is 2. The number of aryl methyl sites for hydroxylation is 1. The molecule has 3 nitrogen and oxygen atoms in total. The van der Waals surface area contributed by atoms with E-state index in [2.05, 4.69) is 16.5 Å². The lowest BCUT2D eigenvalue weighted by Crippen LogP contribution is -2.17. The third-order valence-electron chi connectivity index (χ3n) is 3.61. The van der Waals surface area contributed by atoms with Gasteiger partial charge < -0.3 is 9.30 Å². The molecule has 1 aromatic carbocycles. The highest BCUT2D eigenvalue weighted by Crippen LogP contribution is 2.23. The van der Waals surface area contributed by atoms with Crippen LogP contribution in [0.1, 0.15) is 24.7 Å². The van der Waals surface area contributed by atoms with E-state index in [1.807, 2.05) is 6.33 Å². The van der Waals surface area contributed by atoms with Gasteiger partial charge in [-0.15, -0.1) is 0 Å². The first kappa shape index (κ1) is 12.2. The molecule has 0 spiro atoms. The number of hydrogen-bond acceptors (Lipinski definition) is 2. The van der Waals surface area contributed by atoms with Gasteiger partial charge in [0.1, 0.15) is 18.2 Å². The van der Waals surface area contributed by atoms with Crippen LogP contribution in [0.4, 0.5) is 4.39 Å². The molecule has 0 saturated heterocycles. The Hall–Kier alpha value is -1.84. The second-order valence-corrected chi connectivity index (χ2v) is 5.18. The minimum atomic E-state index is -0.280. The summed E-state index contributed by atoms with van der Waals surface area (Å²) in [5, 5.41) is 0. The number of imidazole rings is 1. The lowest BCUT2D eigenvalue weighted by Gasteiger charge is -2.21.